The maximum absolute atomic E-state index is 13.3. The van der Waals surface area contributed by atoms with Gasteiger partial charge in [-0.05, 0) is 42.8 Å². The van der Waals surface area contributed by atoms with Gasteiger partial charge in [0.05, 0.1) is 0 Å². The van der Waals surface area contributed by atoms with Crippen molar-refractivity contribution in [2.75, 3.05) is 0 Å². The normalized spacial score (nSPS) is 15.7. The van der Waals surface area contributed by atoms with Crippen LogP contribution in [0.15, 0.2) is 65.3 Å². The Hall–Kier alpha value is -3.87. The van der Waals surface area contributed by atoms with Crippen molar-refractivity contribution in [1.82, 2.24) is 20.1 Å². The largest absolute Gasteiger partial charge is 0.507 e. The number of phenols is 1. The number of hydrogen-bond donors (Lipinski definition) is 2. The number of H-pyrrole nitrogens is 1. The monoisotopic (exact) mass is 386 g/mol. The van der Waals surface area contributed by atoms with Crippen LogP contribution in [0.1, 0.15) is 39.2 Å². The maximum Gasteiger partial charge on any atom is 0.273 e. The fraction of sp³-hybridized carbons (Fsp3) is 0.136. The van der Waals surface area contributed by atoms with Gasteiger partial charge in [-0.25, -0.2) is 0 Å². The van der Waals surface area contributed by atoms with Crippen LogP contribution in [0.3, 0.4) is 0 Å². The van der Waals surface area contributed by atoms with Crippen LogP contribution in [0, 0.1) is 6.92 Å². The highest BCUT2D eigenvalue weighted by molar-refractivity contribution is 6.00. The maximum atomic E-state index is 13.3. The van der Waals surface area contributed by atoms with Gasteiger partial charge in [0.2, 0.25) is 0 Å². The summed E-state index contributed by atoms with van der Waals surface area (Å²) in [6.45, 7) is 2.24. The van der Waals surface area contributed by atoms with Crippen molar-refractivity contribution >= 4 is 5.91 Å². The predicted molar refractivity (Wildman–Crippen MR) is 105 cm³/mol. The van der Waals surface area contributed by atoms with Crippen molar-refractivity contribution in [3.8, 4) is 17.0 Å². The lowest BCUT2D eigenvalue weighted by molar-refractivity contribution is 0.0714. The molecule has 5 rings (SSSR count). The molecule has 1 aromatic carbocycles. The first kappa shape index (κ1) is 17.2. The fourth-order valence-corrected chi connectivity index (χ4v) is 3.82. The molecule has 0 aliphatic carbocycles. The number of phenolic OH excluding ortho intramolecular Hbond substituents is 1. The molecule has 7 nitrogen and oxygen atoms in total. The molecular weight excluding hydrogens is 368 g/mol. The number of benzene rings is 1. The quantitative estimate of drug-likeness (QED) is 0.556. The number of amides is 1. The summed E-state index contributed by atoms with van der Waals surface area (Å²) in [4.78, 5) is 19.1. The summed E-state index contributed by atoms with van der Waals surface area (Å²) in [6.07, 6.45) is 3.44. The molecule has 1 aliphatic heterocycles. The number of aryl methyl sites for hydroxylation is 1. The molecule has 0 spiro atoms. The summed E-state index contributed by atoms with van der Waals surface area (Å²) in [5.41, 5.74) is 3.13. The van der Waals surface area contributed by atoms with E-state index in [-0.39, 0.29) is 11.7 Å². The van der Waals surface area contributed by atoms with Gasteiger partial charge in [0.25, 0.3) is 5.91 Å². The zero-order valence-corrected chi connectivity index (χ0v) is 15.7. The van der Waals surface area contributed by atoms with E-state index in [1.807, 2.05) is 37.3 Å². The summed E-state index contributed by atoms with van der Waals surface area (Å²) in [5, 5.41) is 17.6. The minimum atomic E-state index is -0.459. The van der Waals surface area contributed by atoms with E-state index in [9.17, 15) is 9.90 Å². The number of nitrogens with one attached hydrogen (secondary N) is 1. The Morgan fingerprint density at radius 2 is 2.03 bits per heavy atom. The first-order valence-electron chi connectivity index (χ1n) is 9.26. The number of rotatable bonds is 4. The Morgan fingerprint density at radius 3 is 2.76 bits per heavy atom. The van der Waals surface area contributed by atoms with Crippen LogP contribution in [0.25, 0.3) is 11.3 Å². The number of carbonyl (C=O) groups is 1. The molecule has 0 fully saturated rings. The Labute approximate surface area is 166 Å². The molecule has 29 heavy (non-hydrogen) atoms. The van der Waals surface area contributed by atoms with E-state index >= 15 is 0 Å². The Bertz CT molecular complexity index is 1200. The van der Waals surface area contributed by atoms with E-state index in [1.165, 1.54) is 0 Å². The number of hydrogen-bond acceptors (Lipinski definition) is 5. The van der Waals surface area contributed by atoms with Crippen LogP contribution in [-0.4, -0.2) is 31.1 Å². The number of nitrogens with zero attached hydrogens (tertiary/aromatic N) is 3. The Kier molecular flexibility index (Phi) is 3.94. The molecule has 0 radical (unpaired) electrons. The van der Waals surface area contributed by atoms with Gasteiger partial charge in [0.1, 0.15) is 34.7 Å². The SMILES string of the molecule is Cc1ccc(C2c3c(-c4ccccc4O)n[nH]c3C(=O)N2Cc2cccnc2)o1. The van der Waals surface area contributed by atoms with E-state index in [0.717, 1.165) is 11.3 Å². The van der Waals surface area contributed by atoms with Gasteiger partial charge in [-0.2, -0.15) is 5.10 Å². The molecule has 7 heteroatoms. The lowest BCUT2D eigenvalue weighted by Crippen LogP contribution is -2.29. The minimum absolute atomic E-state index is 0.106. The van der Waals surface area contributed by atoms with Gasteiger partial charge in [-0.15, -0.1) is 0 Å². The third-order valence-electron chi connectivity index (χ3n) is 5.13. The molecular formula is C22H18N4O3. The van der Waals surface area contributed by atoms with E-state index in [1.54, 1.807) is 35.5 Å². The molecule has 3 aromatic heterocycles. The summed E-state index contributed by atoms with van der Waals surface area (Å²) in [5.74, 6) is 1.35. The number of pyridine rings is 1. The summed E-state index contributed by atoms with van der Waals surface area (Å²) < 4.78 is 5.92. The average Bonchev–Trinajstić information content (AvgIpc) is 3.41. The third-order valence-corrected chi connectivity index (χ3v) is 5.13. The number of aromatic amines is 1. The van der Waals surface area contributed by atoms with Gasteiger partial charge in [0.15, 0.2) is 0 Å². The molecule has 0 saturated heterocycles. The van der Waals surface area contributed by atoms with Crippen LogP contribution in [0.5, 0.6) is 5.75 Å². The van der Waals surface area contributed by atoms with Crippen molar-refractivity contribution in [2.45, 2.75) is 19.5 Å². The van der Waals surface area contributed by atoms with Gasteiger partial charge in [-0.3, -0.25) is 14.9 Å². The summed E-state index contributed by atoms with van der Waals surface area (Å²) in [7, 11) is 0. The molecule has 1 atom stereocenters. The minimum Gasteiger partial charge on any atom is -0.507 e. The average molecular weight is 386 g/mol. The van der Waals surface area contributed by atoms with E-state index in [2.05, 4.69) is 15.2 Å². The number of para-hydroxylation sites is 1. The van der Waals surface area contributed by atoms with Gasteiger partial charge in [0, 0.05) is 30.1 Å². The smallest absolute Gasteiger partial charge is 0.273 e. The highest BCUT2D eigenvalue weighted by Crippen LogP contribution is 2.45. The first-order valence-corrected chi connectivity index (χ1v) is 9.26. The number of furan rings is 1. The van der Waals surface area contributed by atoms with E-state index in [4.69, 9.17) is 4.42 Å². The van der Waals surface area contributed by atoms with Gasteiger partial charge in [-0.1, -0.05) is 18.2 Å². The van der Waals surface area contributed by atoms with E-state index < -0.39 is 6.04 Å². The van der Waals surface area contributed by atoms with Gasteiger partial charge < -0.3 is 14.4 Å². The molecule has 144 valence electrons. The molecule has 1 unspecified atom stereocenters. The number of aromatic hydroxyl groups is 1. The second kappa shape index (κ2) is 6.63. The molecule has 0 bridgehead atoms. The second-order valence-electron chi connectivity index (χ2n) is 7.02. The predicted octanol–water partition coefficient (Wildman–Crippen LogP) is 3.82. The highest BCUT2D eigenvalue weighted by Gasteiger charge is 2.44. The standard InChI is InChI=1S/C22H18N4O3/c1-13-8-9-17(29-13)21-18-19(15-6-2-3-7-16(15)27)24-25-20(18)22(28)26(21)12-14-5-4-10-23-11-14/h2-11,21,27H,12H2,1H3,(H,24,25). The van der Waals surface area contributed by atoms with Crippen LogP contribution >= 0.6 is 0 Å². The van der Waals surface area contributed by atoms with Crippen molar-refractivity contribution < 1.29 is 14.3 Å². The van der Waals surface area contributed by atoms with Crippen molar-refractivity contribution in [1.29, 1.82) is 0 Å². The third kappa shape index (κ3) is 2.79. The lowest BCUT2D eigenvalue weighted by atomic mass is 9.99. The van der Waals surface area contributed by atoms with E-state index in [0.29, 0.717) is 34.8 Å². The summed E-state index contributed by atoms with van der Waals surface area (Å²) in [6, 6.07) is 14.0. The lowest BCUT2D eigenvalue weighted by Gasteiger charge is -2.24. The van der Waals surface area contributed by atoms with Crippen LogP contribution in [0.2, 0.25) is 0 Å². The van der Waals surface area contributed by atoms with Crippen LogP contribution in [0.4, 0.5) is 0 Å². The number of fused-ring (bicyclic) bond motifs is 1. The number of aromatic nitrogens is 3. The topological polar surface area (TPSA) is 95.2 Å². The molecule has 2 N–H and O–H groups in total. The molecule has 4 aromatic rings. The van der Waals surface area contributed by atoms with Crippen molar-refractivity contribution in [3.05, 3.63) is 89.3 Å². The summed E-state index contributed by atoms with van der Waals surface area (Å²) >= 11 is 0. The van der Waals surface area contributed by atoms with Crippen LogP contribution in [-0.2, 0) is 6.54 Å². The van der Waals surface area contributed by atoms with Gasteiger partial charge >= 0.3 is 0 Å². The number of carbonyl (C=O) groups excluding carboxylic acids is 1. The fourth-order valence-electron chi connectivity index (χ4n) is 3.82. The zero-order chi connectivity index (χ0) is 20.0. The molecule has 0 saturated carbocycles. The second-order valence-corrected chi connectivity index (χ2v) is 7.02. The Morgan fingerprint density at radius 1 is 1.17 bits per heavy atom. The molecule has 1 aliphatic rings. The van der Waals surface area contributed by atoms with Crippen molar-refractivity contribution in [2.24, 2.45) is 0 Å². The first-order chi connectivity index (χ1) is 14.1. The molecule has 4 heterocycles. The Balaban J connectivity index is 1.66. The zero-order valence-electron chi connectivity index (χ0n) is 15.7. The van der Waals surface area contributed by atoms with Crippen molar-refractivity contribution in [3.63, 3.8) is 0 Å². The van der Waals surface area contributed by atoms with Crippen LogP contribution < -0.4 is 0 Å². The molecule has 1 amide bonds. The highest BCUT2D eigenvalue weighted by atomic mass is 16.3.